The summed E-state index contributed by atoms with van der Waals surface area (Å²) in [7, 11) is 0. The monoisotopic (exact) mass is 227 g/mol. The Kier molecular flexibility index (Phi) is 1.94. The van der Waals surface area contributed by atoms with Crippen LogP contribution in [0, 0.1) is 0 Å². The molecule has 0 saturated heterocycles. The minimum atomic E-state index is -0.630. The molecule has 0 spiro atoms. The Labute approximate surface area is 93.5 Å². The molecule has 17 heavy (non-hydrogen) atoms. The van der Waals surface area contributed by atoms with Crippen LogP contribution >= 0.6 is 0 Å². The molecule has 0 fully saturated rings. The second kappa shape index (κ2) is 3.44. The first-order valence-corrected chi connectivity index (χ1v) is 4.82. The van der Waals surface area contributed by atoms with Crippen LogP contribution in [-0.4, -0.2) is 15.4 Å². The number of benzene rings is 1. The molecule has 82 valence electrons. The summed E-state index contributed by atoms with van der Waals surface area (Å²) in [6.07, 6.45) is 0. The van der Waals surface area contributed by atoms with Gasteiger partial charge in [0, 0.05) is 11.5 Å². The van der Waals surface area contributed by atoms with Crippen molar-refractivity contribution >= 4 is 21.9 Å². The van der Waals surface area contributed by atoms with E-state index < -0.39 is 11.2 Å². The zero-order valence-electron chi connectivity index (χ0n) is 8.45. The molecule has 0 saturated carbocycles. The van der Waals surface area contributed by atoms with Gasteiger partial charge in [-0.1, -0.05) is 17.2 Å². The lowest BCUT2D eigenvalue weighted by Crippen LogP contribution is -2.04. The molecule has 0 atom stereocenters. The van der Waals surface area contributed by atoms with Gasteiger partial charge in [-0.3, -0.25) is 4.79 Å². The number of hydrogen-bond donors (Lipinski definition) is 0. The van der Waals surface area contributed by atoms with Crippen molar-refractivity contribution in [3.05, 3.63) is 51.1 Å². The van der Waals surface area contributed by atoms with Crippen molar-refractivity contribution in [2.45, 2.75) is 0 Å². The van der Waals surface area contributed by atoms with Crippen molar-refractivity contribution in [1.82, 2.24) is 15.4 Å². The summed E-state index contributed by atoms with van der Waals surface area (Å²) in [5.41, 5.74) is -0.539. The number of aromatic nitrogens is 3. The van der Waals surface area contributed by atoms with E-state index in [-0.39, 0.29) is 5.39 Å². The molecule has 0 aliphatic carbocycles. The molecular weight excluding hydrogens is 222 g/mol. The maximum absolute atomic E-state index is 11.7. The van der Waals surface area contributed by atoms with Crippen LogP contribution in [0.2, 0.25) is 0 Å². The predicted octanol–water partition coefficient (Wildman–Crippen LogP) is 0.491. The molecule has 6 nitrogen and oxygen atoms in total. The summed E-state index contributed by atoms with van der Waals surface area (Å²) in [4.78, 5) is 22.9. The van der Waals surface area contributed by atoms with Crippen LogP contribution in [0.15, 0.2) is 44.3 Å². The Hall–Kier alpha value is -2.63. The average Bonchev–Trinajstić information content (AvgIpc) is 2.51. The van der Waals surface area contributed by atoms with Gasteiger partial charge in [-0.05, 0) is 17.3 Å². The molecular formula is C11H5N3O3. The molecule has 1 aromatic carbocycles. The molecule has 2 heterocycles. The van der Waals surface area contributed by atoms with Gasteiger partial charge in [0.25, 0.3) is 5.56 Å². The fraction of sp³-hybridized carbons (Fsp3) is 0. The van der Waals surface area contributed by atoms with Gasteiger partial charge >= 0.3 is 5.63 Å². The standard InChI is InChI=1S/C11H5N3O3/c15-9-5-7-10(13-14-12-9)6-3-1-2-4-8(6)17-11(7)16/h1-5H. The molecule has 0 aliphatic heterocycles. The topological polar surface area (TPSA) is 86.0 Å². The smallest absolute Gasteiger partial charge is 0.346 e. The van der Waals surface area contributed by atoms with Crippen LogP contribution in [0.3, 0.4) is 0 Å². The first-order valence-electron chi connectivity index (χ1n) is 4.82. The van der Waals surface area contributed by atoms with E-state index in [0.29, 0.717) is 16.5 Å². The van der Waals surface area contributed by atoms with Gasteiger partial charge in [0.15, 0.2) is 0 Å². The minimum Gasteiger partial charge on any atom is -0.422 e. The van der Waals surface area contributed by atoms with Crippen molar-refractivity contribution in [2.75, 3.05) is 0 Å². The second-order valence-corrected chi connectivity index (χ2v) is 3.42. The summed E-state index contributed by atoms with van der Waals surface area (Å²) in [6, 6.07) is 7.98. The third-order valence-electron chi connectivity index (χ3n) is 2.38. The molecule has 0 radical (unpaired) electrons. The summed E-state index contributed by atoms with van der Waals surface area (Å²) in [6.45, 7) is 0. The number of hydrogen-bond acceptors (Lipinski definition) is 6. The molecule has 6 heteroatoms. The van der Waals surface area contributed by atoms with E-state index >= 15 is 0 Å². The number of nitrogens with zero attached hydrogens (tertiary/aromatic N) is 3. The Balaban J connectivity index is 2.73. The maximum Gasteiger partial charge on any atom is 0.346 e. The van der Waals surface area contributed by atoms with Crippen LogP contribution < -0.4 is 11.2 Å². The Morgan fingerprint density at radius 3 is 2.71 bits per heavy atom. The van der Waals surface area contributed by atoms with Gasteiger partial charge < -0.3 is 4.42 Å². The van der Waals surface area contributed by atoms with E-state index in [1.54, 1.807) is 24.3 Å². The Morgan fingerprint density at radius 2 is 1.82 bits per heavy atom. The van der Waals surface area contributed by atoms with Crippen LogP contribution in [0.25, 0.3) is 21.9 Å². The molecule has 0 unspecified atom stereocenters. The van der Waals surface area contributed by atoms with Gasteiger partial charge in [-0.25, -0.2) is 4.79 Å². The minimum absolute atomic E-state index is 0.0821. The summed E-state index contributed by atoms with van der Waals surface area (Å²) < 4.78 is 5.08. The maximum atomic E-state index is 11.7. The molecule has 3 aromatic rings. The largest absolute Gasteiger partial charge is 0.422 e. The highest BCUT2D eigenvalue weighted by Gasteiger charge is 2.07. The van der Waals surface area contributed by atoms with E-state index in [1.165, 1.54) is 0 Å². The Morgan fingerprint density at radius 1 is 1.00 bits per heavy atom. The summed E-state index contributed by atoms with van der Waals surface area (Å²) in [5.74, 6) is 0. The third kappa shape index (κ3) is 1.46. The Bertz CT molecular complexity index is 842. The first-order chi connectivity index (χ1) is 8.25. The van der Waals surface area contributed by atoms with Gasteiger partial charge in [0.2, 0.25) is 0 Å². The van der Waals surface area contributed by atoms with Crippen molar-refractivity contribution in [3.8, 4) is 0 Å². The van der Waals surface area contributed by atoms with Crippen molar-refractivity contribution in [3.63, 3.8) is 0 Å². The van der Waals surface area contributed by atoms with Gasteiger partial charge in [0.1, 0.15) is 11.1 Å². The second-order valence-electron chi connectivity index (χ2n) is 3.42. The fourth-order valence-electron chi connectivity index (χ4n) is 1.65. The molecule has 0 N–H and O–H groups in total. The molecule has 0 bridgehead atoms. The van der Waals surface area contributed by atoms with E-state index in [2.05, 4.69) is 15.4 Å². The third-order valence-corrected chi connectivity index (χ3v) is 2.38. The zero-order chi connectivity index (χ0) is 11.8. The molecule has 2 aromatic heterocycles. The van der Waals surface area contributed by atoms with Crippen LogP contribution in [0.1, 0.15) is 0 Å². The number of rotatable bonds is 0. The van der Waals surface area contributed by atoms with E-state index in [0.717, 1.165) is 6.07 Å². The lowest BCUT2D eigenvalue weighted by molar-refractivity contribution is 0.569. The predicted molar refractivity (Wildman–Crippen MR) is 59.6 cm³/mol. The van der Waals surface area contributed by atoms with E-state index in [4.69, 9.17) is 4.42 Å². The number of para-hydroxylation sites is 1. The molecule has 0 aliphatic rings. The van der Waals surface area contributed by atoms with Crippen LogP contribution in [0.5, 0.6) is 0 Å². The first kappa shape index (κ1) is 9.59. The highest BCUT2D eigenvalue weighted by Crippen LogP contribution is 2.18. The van der Waals surface area contributed by atoms with Crippen LogP contribution in [0.4, 0.5) is 0 Å². The summed E-state index contributed by atoms with van der Waals surface area (Å²) in [5, 5.41) is 11.1. The van der Waals surface area contributed by atoms with Crippen molar-refractivity contribution in [2.24, 2.45) is 0 Å². The SMILES string of the molecule is O=c1cc2c(=O)oc3ccccc3c2nnn1. The molecule has 0 amide bonds. The lowest BCUT2D eigenvalue weighted by atomic mass is 10.2. The normalized spacial score (nSPS) is 10.8. The quantitative estimate of drug-likeness (QED) is 0.519. The summed E-state index contributed by atoms with van der Waals surface area (Å²) >= 11 is 0. The highest BCUT2D eigenvalue weighted by molar-refractivity contribution is 6.00. The van der Waals surface area contributed by atoms with E-state index in [9.17, 15) is 9.59 Å². The number of fused-ring (bicyclic) bond motifs is 3. The van der Waals surface area contributed by atoms with Crippen molar-refractivity contribution in [1.29, 1.82) is 0 Å². The lowest BCUT2D eigenvalue weighted by Gasteiger charge is -1.96. The van der Waals surface area contributed by atoms with Crippen molar-refractivity contribution < 1.29 is 4.42 Å². The zero-order valence-corrected chi connectivity index (χ0v) is 8.45. The van der Waals surface area contributed by atoms with E-state index in [1.807, 2.05) is 0 Å². The molecule has 3 rings (SSSR count). The average molecular weight is 227 g/mol. The van der Waals surface area contributed by atoms with Gasteiger partial charge in [-0.2, -0.15) is 0 Å². The highest BCUT2D eigenvalue weighted by atomic mass is 16.4. The fourth-order valence-corrected chi connectivity index (χ4v) is 1.65. The van der Waals surface area contributed by atoms with Gasteiger partial charge in [-0.15, -0.1) is 5.10 Å². The van der Waals surface area contributed by atoms with Crippen LogP contribution in [-0.2, 0) is 0 Å². The van der Waals surface area contributed by atoms with Gasteiger partial charge in [0.05, 0.1) is 5.39 Å².